The zero-order valence-electron chi connectivity index (χ0n) is 10.6. The Hall–Kier alpha value is -2.10. The quantitative estimate of drug-likeness (QED) is 0.829. The van der Waals surface area contributed by atoms with Crippen molar-refractivity contribution in [2.24, 2.45) is 0 Å². The van der Waals surface area contributed by atoms with E-state index in [0.717, 1.165) is 5.56 Å². The van der Waals surface area contributed by atoms with Gasteiger partial charge in [-0.2, -0.15) is 0 Å². The van der Waals surface area contributed by atoms with Crippen LogP contribution in [0, 0.1) is 18.6 Å². The highest BCUT2D eigenvalue weighted by Crippen LogP contribution is 2.18. The lowest BCUT2D eigenvalue weighted by Gasteiger charge is -2.11. The van der Waals surface area contributed by atoms with Gasteiger partial charge in [-0.05, 0) is 42.8 Å². The van der Waals surface area contributed by atoms with Gasteiger partial charge in [-0.25, -0.2) is 8.78 Å². The standard InChI is InChI=1S/C15H15F2NO/c1-11-10-12(16)6-7-15(11)19-9-8-18-14-5-3-2-4-13(14)17/h2-7,10,18H,8-9H2,1H3. The third-order valence-electron chi connectivity index (χ3n) is 2.69. The topological polar surface area (TPSA) is 21.3 Å². The highest BCUT2D eigenvalue weighted by Gasteiger charge is 2.02. The second kappa shape index (κ2) is 6.18. The molecule has 0 aromatic heterocycles. The van der Waals surface area contributed by atoms with Crippen LogP contribution in [0.4, 0.5) is 14.5 Å². The van der Waals surface area contributed by atoms with Gasteiger partial charge in [0.2, 0.25) is 0 Å². The summed E-state index contributed by atoms with van der Waals surface area (Å²) in [7, 11) is 0. The normalized spacial score (nSPS) is 10.3. The Morgan fingerprint density at radius 3 is 2.63 bits per heavy atom. The Kier molecular flexibility index (Phi) is 4.34. The molecule has 0 saturated heterocycles. The lowest BCUT2D eigenvalue weighted by atomic mass is 10.2. The minimum Gasteiger partial charge on any atom is -0.491 e. The van der Waals surface area contributed by atoms with Gasteiger partial charge in [0, 0.05) is 6.54 Å². The van der Waals surface area contributed by atoms with Gasteiger partial charge in [0.25, 0.3) is 0 Å². The van der Waals surface area contributed by atoms with Crippen molar-refractivity contribution in [3.05, 3.63) is 59.7 Å². The van der Waals surface area contributed by atoms with E-state index in [9.17, 15) is 8.78 Å². The molecule has 0 spiro atoms. The van der Waals surface area contributed by atoms with Crippen LogP contribution in [0.25, 0.3) is 0 Å². The van der Waals surface area contributed by atoms with E-state index in [4.69, 9.17) is 4.74 Å². The first-order chi connectivity index (χ1) is 9.16. The van der Waals surface area contributed by atoms with Gasteiger partial charge >= 0.3 is 0 Å². The van der Waals surface area contributed by atoms with Gasteiger partial charge in [-0.15, -0.1) is 0 Å². The molecular weight excluding hydrogens is 248 g/mol. The molecule has 2 nitrogen and oxygen atoms in total. The third kappa shape index (κ3) is 3.68. The number of hydrogen-bond donors (Lipinski definition) is 1. The molecule has 1 N–H and O–H groups in total. The lowest BCUT2D eigenvalue weighted by Crippen LogP contribution is -2.12. The van der Waals surface area contributed by atoms with Crippen molar-refractivity contribution in [2.75, 3.05) is 18.5 Å². The van der Waals surface area contributed by atoms with E-state index < -0.39 is 0 Å². The van der Waals surface area contributed by atoms with Gasteiger partial charge in [-0.1, -0.05) is 12.1 Å². The molecule has 0 radical (unpaired) electrons. The first kappa shape index (κ1) is 13.3. The number of halogens is 2. The zero-order valence-corrected chi connectivity index (χ0v) is 10.6. The van der Waals surface area contributed by atoms with Crippen LogP contribution in [-0.2, 0) is 0 Å². The van der Waals surface area contributed by atoms with Gasteiger partial charge in [0.05, 0.1) is 5.69 Å². The molecular formula is C15H15F2NO. The molecule has 0 amide bonds. The van der Waals surface area contributed by atoms with Crippen molar-refractivity contribution in [1.29, 1.82) is 0 Å². The van der Waals surface area contributed by atoms with Crippen molar-refractivity contribution >= 4 is 5.69 Å². The highest BCUT2D eigenvalue weighted by molar-refractivity contribution is 5.44. The van der Waals surface area contributed by atoms with E-state index in [1.165, 1.54) is 18.2 Å². The number of ether oxygens (including phenoxy) is 1. The summed E-state index contributed by atoms with van der Waals surface area (Å²) in [6, 6.07) is 10.8. The smallest absolute Gasteiger partial charge is 0.146 e. The molecule has 0 bridgehead atoms. The average Bonchev–Trinajstić information content (AvgIpc) is 2.38. The molecule has 2 rings (SSSR count). The minimum atomic E-state index is -0.291. The van der Waals surface area contributed by atoms with Crippen LogP contribution in [0.3, 0.4) is 0 Å². The van der Waals surface area contributed by atoms with Gasteiger partial charge in [-0.3, -0.25) is 0 Å². The van der Waals surface area contributed by atoms with Crippen LogP contribution in [0.15, 0.2) is 42.5 Å². The van der Waals surface area contributed by atoms with E-state index in [1.807, 2.05) is 0 Å². The molecule has 0 fully saturated rings. The van der Waals surface area contributed by atoms with Gasteiger partial charge in [0.1, 0.15) is 24.0 Å². The predicted octanol–water partition coefficient (Wildman–Crippen LogP) is 3.76. The largest absolute Gasteiger partial charge is 0.491 e. The number of rotatable bonds is 5. The average molecular weight is 263 g/mol. The molecule has 100 valence electrons. The molecule has 0 aliphatic carbocycles. The summed E-state index contributed by atoms with van der Waals surface area (Å²) >= 11 is 0. The number of para-hydroxylation sites is 1. The molecule has 0 unspecified atom stereocenters. The minimum absolute atomic E-state index is 0.283. The fraction of sp³-hybridized carbons (Fsp3) is 0.200. The van der Waals surface area contributed by atoms with Crippen LogP contribution >= 0.6 is 0 Å². The summed E-state index contributed by atoms with van der Waals surface area (Å²) in [5.74, 6) is 0.0616. The van der Waals surface area contributed by atoms with Gasteiger partial charge < -0.3 is 10.1 Å². The third-order valence-corrected chi connectivity index (χ3v) is 2.69. The Labute approximate surface area is 111 Å². The van der Waals surface area contributed by atoms with E-state index in [0.29, 0.717) is 24.6 Å². The van der Waals surface area contributed by atoms with Crippen molar-refractivity contribution in [3.63, 3.8) is 0 Å². The molecule has 4 heteroatoms. The molecule has 0 saturated carbocycles. The summed E-state index contributed by atoms with van der Waals surface area (Å²) in [5, 5.41) is 2.94. The summed E-state index contributed by atoms with van der Waals surface area (Å²) in [6.07, 6.45) is 0. The summed E-state index contributed by atoms with van der Waals surface area (Å²) in [5.41, 5.74) is 1.19. The highest BCUT2D eigenvalue weighted by atomic mass is 19.1. The molecule has 0 aliphatic rings. The number of hydrogen-bond acceptors (Lipinski definition) is 2. The van der Waals surface area contributed by atoms with Crippen molar-refractivity contribution in [3.8, 4) is 5.75 Å². The van der Waals surface area contributed by atoms with Crippen LogP contribution in [0.1, 0.15) is 5.56 Å². The molecule has 0 atom stereocenters. The summed E-state index contributed by atoms with van der Waals surface area (Å²) in [6.45, 7) is 2.63. The van der Waals surface area contributed by atoms with Crippen LogP contribution in [0.5, 0.6) is 5.75 Å². The lowest BCUT2D eigenvalue weighted by molar-refractivity contribution is 0.330. The maximum Gasteiger partial charge on any atom is 0.146 e. The maximum atomic E-state index is 13.3. The number of anilines is 1. The molecule has 2 aromatic rings. The second-order valence-corrected chi connectivity index (χ2v) is 4.16. The number of aryl methyl sites for hydroxylation is 1. The Balaban J connectivity index is 1.83. The van der Waals surface area contributed by atoms with E-state index in [2.05, 4.69) is 5.32 Å². The Morgan fingerprint density at radius 1 is 1.11 bits per heavy atom. The maximum absolute atomic E-state index is 13.3. The SMILES string of the molecule is Cc1cc(F)ccc1OCCNc1ccccc1F. The van der Waals surface area contributed by atoms with Crippen molar-refractivity contribution in [1.82, 2.24) is 0 Å². The van der Waals surface area contributed by atoms with Crippen LogP contribution < -0.4 is 10.1 Å². The first-order valence-electron chi connectivity index (χ1n) is 6.04. The molecule has 2 aromatic carbocycles. The van der Waals surface area contributed by atoms with Gasteiger partial charge in [0.15, 0.2) is 0 Å². The predicted molar refractivity (Wildman–Crippen MR) is 71.5 cm³/mol. The van der Waals surface area contributed by atoms with E-state index >= 15 is 0 Å². The monoisotopic (exact) mass is 263 g/mol. The van der Waals surface area contributed by atoms with Crippen LogP contribution in [-0.4, -0.2) is 13.2 Å². The summed E-state index contributed by atoms with van der Waals surface area (Å²) in [4.78, 5) is 0. The van der Waals surface area contributed by atoms with Crippen LogP contribution in [0.2, 0.25) is 0 Å². The molecule has 19 heavy (non-hydrogen) atoms. The Bertz CT molecular complexity index is 558. The zero-order chi connectivity index (χ0) is 13.7. The fourth-order valence-corrected chi connectivity index (χ4v) is 1.73. The summed E-state index contributed by atoms with van der Waals surface area (Å²) < 4.78 is 31.7. The van der Waals surface area contributed by atoms with Crippen molar-refractivity contribution < 1.29 is 13.5 Å². The molecule has 0 aliphatic heterocycles. The second-order valence-electron chi connectivity index (χ2n) is 4.16. The van der Waals surface area contributed by atoms with E-state index in [1.54, 1.807) is 31.2 Å². The number of benzene rings is 2. The fourth-order valence-electron chi connectivity index (χ4n) is 1.73. The van der Waals surface area contributed by atoms with E-state index in [-0.39, 0.29) is 11.6 Å². The van der Waals surface area contributed by atoms with Crippen molar-refractivity contribution in [2.45, 2.75) is 6.92 Å². The first-order valence-corrected chi connectivity index (χ1v) is 6.04. The molecule has 0 heterocycles. The number of nitrogens with one attached hydrogen (secondary N) is 1. The Morgan fingerprint density at radius 2 is 1.89 bits per heavy atom.